The predicted octanol–water partition coefficient (Wildman–Crippen LogP) is 4.52. The van der Waals surface area contributed by atoms with E-state index in [1.165, 1.54) is 0 Å². The zero-order valence-corrected chi connectivity index (χ0v) is 22.0. The average Bonchev–Trinajstić information content (AvgIpc) is 2.92. The smallest absolute Gasteiger partial charge is 0.338 e. The molecular weight excluding hydrogens is 482 g/mol. The van der Waals surface area contributed by atoms with Gasteiger partial charge < -0.3 is 24.6 Å². The summed E-state index contributed by atoms with van der Waals surface area (Å²) in [4.78, 5) is 39.1. The van der Waals surface area contributed by atoms with Crippen LogP contribution in [0.1, 0.15) is 42.4 Å². The Bertz CT molecular complexity index is 1290. The largest absolute Gasteiger partial charge is 0.462 e. The maximum Gasteiger partial charge on any atom is 0.338 e. The lowest BCUT2D eigenvalue weighted by Gasteiger charge is -2.39. The van der Waals surface area contributed by atoms with Crippen molar-refractivity contribution in [3.8, 4) is 11.4 Å². The molecule has 3 aromatic rings. The molecule has 0 radical (unpaired) electrons. The van der Waals surface area contributed by atoms with Crippen molar-refractivity contribution in [2.24, 2.45) is 0 Å². The summed E-state index contributed by atoms with van der Waals surface area (Å²) >= 11 is 0. The molecule has 1 saturated heterocycles. The number of fused-ring (bicyclic) bond motifs is 1. The lowest BCUT2D eigenvalue weighted by atomic mass is 10.0. The minimum Gasteiger partial charge on any atom is -0.462 e. The molecule has 1 N–H and O–H groups in total. The first-order chi connectivity index (χ1) is 18.4. The Morgan fingerprint density at radius 1 is 1.03 bits per heavy atom. The second kappa shape index (κ2) is 11.2. The van der Waals surface area contributed by atoms with Gasteiger partial charge in [-0.15, -0.1) is 0 Å². The highest BCUT2D eigenvalue weighted by Gasteiger charge is 2.31. The average molecular weight is 516 g/mol. The molecule has 0 aliphatic carbocycles. The van der Waals surface area contributed by atoms with E-state index in [-0.39, 0.29) is 24.2 Å². The highest BCUT2D eigenvalue weighted by molar-refractivity contribution is 5.92. The van der Waals surface area contributed by atoms with Crippen LogP contribution in [0.4, 0.5) is 16.3 Å². The number of nitrogens with one attached hydrogen (secondary N) is 1. The molecule has 2 atom stereocenters. The van der Waals surface area contributed by atoms with Crippen LogP contribution in [0.2, 0.25) is 0 Å². The van der Waals surface area contributed by atoms with E-state index in [1.807, 2.05) is 30.3 Å². The fourth-order valence-electron chi connectivity index (χ4n) is 5.01. The molecular formula is C29H33N5O4. The van der Waals surface area contributed by atoms with Crippen LogP contribution < -0.4 is 10.2 Å². The third-order valence-electron chi connectivity index (χ3n) is 6.72. The summed E-state index contributed by atoms with van der Waals surface area (Å²) in [5.41, 5.74) is 3.98. The maximum atomic E-state index is 13.2. The summed E-state index contributed by atoms with van der Waals surface area (Å²) in [5, 5.41) is 2.95. The van der Waals surface area contributed by atoms with Crippen molar-refractivity contribution < 1.29 is 19.1 Å². The minimum atomic E-state index is -0.382. The molecule has 9 nitrogen and oxygen atoms in total. The van der Waals surface area contributed by atoms with Crippen LogP contribution in [0.5, 0.6) is 0 Å². The summed E-state index contributed by atoms with van der Waals surface area (Å²) < 4.78 is 11.0. The third kappa shape index (κ3) is 5.62. The molecule has 2 aromatic carbocycles. The number of morpholine rings is 1. The van der Waals surface area contributed by atoms with Gasteiger partial charge in [-0.25, -0.2) is 19.6 Å². The molecule has 0 saturated carbocycles. The SMILES string of the molecule is CCOC(=O)c1ccc(NC(=O)N2CCc3nc(-c4ccccc4)nc(N4C[C@@H](C)O[C@H](C)C4)c3C2)cc1. The van der Waals surface area contributed by atoms with E-state index in [9.17, 15) is 9.59 Å². The summed E-state index contributed by atoms with van der Waals surface area (Å²) in [6, 6.07) is 16.5. The van der Waals surface area contributed by atoms with Crippen LogP contribution >= 0.6 is 0 Å². The molecule has 0 bridgehead atoms. The predicted molar refractivity (Wildman–Crippen MR) is 145 cm³/mol. The van der Waals surface area contributed by atoms with E-state index in [1.54, 1.807) is 36.1 Å². The van der Waals surface area contributed by atoms with Gasteiger partial charge in [-0.3, -0.25) is 0 Å². The Morgan fingerprint density at radius 3 is 2.42 bits per heavy atom. The quantitative estimate of drug-likeness (QED) is 0.499. The molecule has 198 valence electrons. The molecule has 2 aliphatic heterocycles. The topological polar surface area (TPSA) is 96.9 Å². The van der Waals surface area contributed by atoms with Crippen LogP contribution in [-0.2, 0) is 22.4 Å². The van der Waals surface area contributed by atoms with Crippen LogP contribution in [0.3, 0.4) is 0 Å². The number of aromatic nitrogens is 2. The summed E-state index contributed by atoms with van der Waals surface area (Å²) in [6.45, 7) is 8.62. The van der Waals surface area contributed by atoms with E-state index in [2.05, 4.69) is 24.1 Å². The second-order valence-corrected chi connectivity index (χ2v) is 9.72. The summed E-state index contributed by atoms with van der Waals surface area (Å²) in [7, 11) is 0. The number of ether oxygens (including phenoxy) is 2. The monoisotopic (exact) mass is 515 g/mol. The van der Waals surface area contributed by atoms with Crippen LogP contribution in [0.25, 0.3) is 11.4 Å². The van der Waals surface area contributed by atoms with E-state index < -0.39 is 0 Å². The lowest BCUT2D eigenvalue weighted by molar-refractivity contribution is -0.00556. The number of anilines is 2. The van der Waals surface area contributed by atoms with Crippen LogP contribution in [-0.4, -0.2) is 65.3 Å². The highest BCUT2D eigenvalue weighted by Crippen LogP contribution is 2.31. The fourth-order valence-corrected chi connectivity index (χ4v) is 5.01. The summed E-state index contributed by atoms with van der Waals surface area (Å²) in [6.07, 6.45) is 0.783. The van der Waals surface area contributed by atoms with Crippen molar-refractivity contribution >= 4 is 23.5 Å². The number of hydrogen-bond acceptors (Lipinski definition) is 7. The van der Waals surface area contributed by atoms with Crippen molar-refractivity contribution in [1.29, 1.82) is 0 Å². The Labute approximate surface area is 222 Å². The third-order valence-corrected chi connectivity index (χ3v) is 6.72. The number of esters is 1. The number of hydrogen-bond donors (Lipinski definition) is 1. The normalized spacial score (nSPS) is 19.0. The van der Waals surface area contributed by atoms with Gasteiger partial charge in [0.1, 0.15) is 5.82 Å². The van der Waals surface area contributed by atoms with Gasteiger partial charge in [-0.1, -0.05) is 30.3 Å². The number of rotatable bonds is 5. The van der Waals surface area contributed by atoms with Gasteiger partial charge in [0, 0.05) is 42.9 Å². The molecule has 2 aliphatic rings. The minimum absolute atomic E-state index is 0.0742. The molecule has 1 aromatic heterocycles. The van der Waals surface area contributed by atoms with Crippen LogP contribution in [0.15, 0.2) is 54.6 Å². The number of benzene rings is 2. The second-order valence-electron chi connectivity index (χ2n) is 9.72. The lowest BCUT2D eigenvalue weighted by Crippen LogP contribution is -2.47. The molecule has 1 fully saturated rings. The molecule has 0 unspecified atom stereocenters. The molecule has 9 heteroatoms. The Kier molecular flexibility index (Phi) is 7.55. The van der Waals surface area contributed by atoms with Gasteiger partial charge in [0.15, 0.2) is 5.82 Å². The zero-order valence-electron chi connectivity index (χ0n) is 22.0. The van der Waals surface area contributed by atoms with Gasteiger partial charge in [-0.05, 0) is 45.0 Å². The maximum absolute atomic E-state index is 13.2. The standard InChI is InChI=1S/C29H33N5O4/c1-4-37-28(35)22-10-12-23(13-11-22)30-29(36)33-15-14-25-24(18-33)27(34-16-19(2)38-20(3)17-34)32-26(31-25)21-8-6-5-7-9-21/h5-13,19-20H,4,14-18H2,1-3H3,(H,30,36)/t19-,20-/m1/s1. The van der Waals surface area contributed by atoms with Crippen molar-refractivity contribution in [2.75, 3.05) is 36.5 Å². The van der Waals surface area contributed by atoms with E-state index in [0.717, 1.165) is 35.7 Å². The number of amides is 2. The molecule has 0 spiro atoms. The van der Waals surface area contributed by atoms with E-state index in [4.69, 9.17) is 19.4 Å². The number of nitrogens with zero attached hydrogens (tertiary/aromatic N) is 4. The molecule has 38 heavy (non-hydrogen) atoms. The Morgan fingerprint density at radius 2 is 1.74 bits per heavy atom. The van der Waals surface area contributed by atoms with Gasteiger partial charge in [0.2, 0.25) is 0 Å². The zero-order chi connectivity index (χ0) is 26.6. The Balaban J connectivity index is 1.39. The van der Waals surface area contributed by atoms with Gasteiger partial charge >= 0.3 is 12.0 Å². The first-order valence-corrected chi connectivity index (χ1v) is 13.1. The number of carbonyl (C=O) groups excluding carboxylic acids is 2. The van der Waals surface area contributed by atoms with Crippen molar-refractivity contribution in [2.45, 2.75) is 45.9 Å². The number of carbonyl (C=O) groups is 2. The first-order valence-electron chi connectivity index (χ1n) is 13.1. The molecule has 5 rings (SSSR count). The number of urea groups is 1. The van der Waals surface area contributed by atoms with Crippen LogP contribution in [0, 0.1) is 0 Å². The van der Waals surface area contributed by atoms with Crippen molar-refractivity contribution in [3.63, 3.8) is 0 Å². The van der Waals surface area contributed by atoms with Gasteiger partial charge in [0.25, 0.3) is 0 Å². The van der Waals surface area contributed by atoms with Gasteiger partial charge in [0.05, 0.1) is 36.6 Å². The summed E-state index contributed by atoms with van der Waals surface area (Å²) in [5.74, 6) is 1.19. The van der Waals surface area contributed by atoms with Crippen molar-refractivity contribution in [3.05, 3.63) is 71.4 Å². The molecule has 3 heterocycles. The van der Waals surface area contributed by atoms with E-state index >= 15 is 0 Å². The van der Waals surface area contributed by atoms with Crippen molar-refractivity contribution in [1.82, 2.24) is 14.9 Å². The van der Waals surface area contributed by atoms with E-state index in [0.29, 0.717) is 43.2 Å². The highest BCUT2D eigenvalue weighted by atomic mass is 16.5. The van der Waals surface area contributed by atoms with Gasteiger partial charge in [-0.2, -0.15) is 0 Å². The fraction of sp³-hybridized carbons (Fsp3) is 0.379. The molecule has 2 amide bonds. The Hall–Kier alpha value is -3.98. The first kappa shape index (κ1) is 25.7.